The fourth-order valence-electron chi connectivity index (χ4n) is 3.03. The number of hydrogen-bond donors (Lipinski definition) is 1. The van der Waals surface area contributed by atoms with Crippen LogP contribution in [0, 0.1) is 0 Å². The second-order valence-corrected chi connectivity index (χ2v) is 6.14. The number of rotatable bonds is 4. The minimum absolute atomic E-state index is 0.502. The number of nitrogens with two attached hydrogens (primary N) is 1. The maximum Gasteiger partial charge on any atom is 0.0349 e. The molecule has 2 N–H and O–H groups in total. The van der Waals surface area contributed by atoms with E-state index >= 15 is 0 Å². The highest BCUT2D eigenvalue weighted by Gasteiger charge is 2.25. The molecule has 0 bridgehead atoms. The highest BCUT2D eigenvalue weighted by Crippen LogP contribution is 2.39. The number of benzene rings is 1. The smallest absolute Gasteiger partial charge is 0.0349 e. The molecule has 1 saturated carbocycles. The van der Waals surface area contributed by atoms with Gasteiger partial charge in [-0.1, -0.05) is 24.3 Å². The first-order valence-corrected chi connectivity index (χ1v) is 7.48. The summed E-state index contributed by atoms with van der Waals surface area (Å²) in [5.41, 5.74) is 8.86. The molecule has 0 spiro atoms. The van der Waals surface area contributed by atoms with E-state index in [1.165, 1.54) is 24.0 Å². The average molecular weight is 259 g/mol. The van der Waals surface area contributed by atoms with E-state index in [2.05, 4.69) is 41.1 Å². The molecular formula is C16H25N3. The molecule has 0 aromatic heterocycles. The van der Waals surface area contributed by atoms with Gasteiger partial charge < -0.3 is 10.6 Å². The molecule has 3 nitrogen and oxygen atoms in total. The first kappa shape index (κ1) is 13.1. The van der Waals surface area contributed by atoms with Gasteiger partial charge in [-0.25, -0.2) is 0 Å². The Hall–Kier alpha value is -0.900. The zero-order valence-electron chi connectivity index (χ0n) is 11.9. The van der Waals surface area contributed by atoms with Crippen molar-refractivity contribution in [1.82, 2.24) is 9.80 Å². The SMILES string of the molecule is CN1CCN(Cc2ccc(C3CC3)cc2)C(CN)C1. The van der Waals surface area contributed by atoms with E-state index in [9.17, 15) is 0 Å². The molecule has 2 fully saturated rings. The Bertz CT molecular complexity index is 411. The van der Waals surface area contributed by atoms with E-state index in [4.69, 9.17) is 5.73 Å². The molecule has 1 aromatic rings. The van der Waals surface area contributed by atoms with Crippen LogP contribution in [-0.2, 0) is 6.54 Å². The van der Waals surface area contributed by atoms with E-state index < -0.39 is 0 Å². The van der Waals surface area contributed by atoms with E-state index in [0.717, 1.165) is 38.6 Å². The first-order valence-electron chi connectivity index (χ1n) is 7.48. The summed E-state index contributed by atoms with van der Waals surface area (Å²) in [6.07, 6.45) is 2.76. The molecular weight excluding hydrogens is 234 g/mol. The predicted octanol–water partition coefficient (Wildman–Crippen LogP) is 1.64. The van der Waals surface area contributed by atoms with Crippen molar-refractivity contribution in [3.05, 3.63) is 35.4 Å². The van der Waals surface area contributed by atoms with Crippen LogP contribution in [0.25, 0.3) is 0 Å². The Balaban J connectivity index is 1.62. The van der Waals surface area contributed by atoms with Gasteiger partial charge in [-0.3, -0.25) is 4.90 Å². The molecule has 0 amide bonds. The van der Waals surface area contributed by atoms with Gasteiger partial charge in [0.25, 0.3) is 0 Å². The number of piperazine rings is 1. The van der Waals surface area contributed by atoms with Crippen LogP contribution in [0.3, 0.4) is 0 Å². The second kappa shape index (κ2) is 5.61. The van der Waals surface area contributed by atoms with Crippen molar-refractivity contribution >= 4 is 0 Å². The fourth-order valence-corrected chi connectivity index (χ4v) is 3.03. The normalized spacial score (nSPS) is 25.7. The Morgan fingerprint density at radius 2 is 1.89 bits per heavy atom. The maximum atomic E-state index is 5.91. The minimum Gasteiger partial charge on any atom is -0.329 e. The highest BCUT2D eigenvalue weighted by atomic mass is 15.3. The molecule has 3 heteroatoms. The Kier molecular flexibility index (Phi) is 3.87. The number of hydrogen-bond acceptors (Lipinski definition) is 3. The Labute approximate surface area is 116 Å². The van der Waals surface area contributed by atoms with E-state index in [0.29, 0.717) is 6.04 Å². The summed E-state index contributed by atoms with van der Waals surface area (Å²) >= 11 is 0. The molecule has 1 heterocycles. The van der Waals surface area contributed by atoms with Crippen LogP contribution in [0.1, 0.15) is 29.9 Å². The lowest BCUT2D eigenvalue weighted by molar-refractivity contribution is 0.0881. The summed E-state index contributed by atoms with van der Waals surface area (Å²) in [6, 6.07) is 9.75. The quantitative estimate of drug-likeness (QED) is 0.892. The average Bonchev–Trinajstić information content (AvgIpc) is 3.26. The van der Waals surface area contributed by atoms with E-state index in [1.807, 2.05) is 0 Å². The van der Waals surface area contributed by atoms with Crippen molar-refractivity contribution in [2.45, 2.75) is 31.3 Å². The fraction of sp³-hybridized carbons (Fsp3) is 0.625. The zero-order chi connectivity index (χ0) is 13.2. The summed E-state index contributed by atoms with van der Waals surface area (Å²) in [4.78, 5) is 4.91. The van der Waals surface area contributed by atoms with Gasteiger partial charge in [0.2, 0.25) is 0 Å². The van der Waals surface area contributed by atoms with Crippen LogP contribution in [0.5, 0.6) is 0 Å². The van der Waals surface area contributed by atoms with Crippen LogP contribution >= 0.6 is 0 Å². The van der Waals surface area contributed by atoms with Crippen molar-refractivity contribution in [3.63, 3.8) is 0 Å². The summed E-state index contributed by atoms with van der Waals surface area (Å²) < 4.78 is 0. The summed E-state index contributed by atoms with van der Waals surface area (Å²) in [7, 11) is 2.18. The molecule has 1 aromatic carbocycles. The number of nitrogens with zero attached hydrogens (tertiary/aromatic N) is 2. The molecule has 3 rings (SSSR count). The van der Waals surface area contributed by atoms with Crippen molar-refractivity contribution in [2.24, 2.45) is 5.73 Å². The monoisotopic (exact) mass is 259 g/mol. The van der Waals surface area contributed by atoms with Gasteiger partial charge in [0, 0.05) is 38.8 Å². The highest BCUT2D eigenvalue weighted by molar-refractivity contribution is 5.28. The summed E-state index contributed by atoms with van der Waals surface area (Å²) in [5.74, 6) is 0.856. The van der Waals surface area contributed by atoms with E-state index in [1.54, 1.807) is 0 Å². The van der Waals surface area contributed by atoms with Crippen LogP contribution in [0.15, 0.2) is 24.3 Å². The molecule has 19 heavy (non-hydrogen) atoms. The van der Waals surface area contributed by atoms with Crippen LogP contribution < -0.4 is 5.73 Å². The molecule has 1 unspecified atom stereocenters. The minimum atomic E-state index is 0.502. The third kappa shape index (κ3) is 3.16. The molecule has 0 radical (unpaired) electrons. The van der Waals surface area contributed by atoms with Crippen LogP contribution in [0.2, 0.25) is 0 Å². The topological polar surface area (TPSA) is 32.5 Å². The van der Waals surface area contributed by atoms with Gasteiger partial charge in [-0.2, -0.15) is 0 Å². The van der Waals surface area contributed by atoms with Crippen LogP contribution in [0.4, 0.5) is 0 Å². The van der Waals surface area contributed by atoms with Gasteiger partial charge in [0.1, 0.15) is 0 Å². The Morgan fingerprint density at radius 3 is 2.53 bits per heavy atom. The van der Waals surface area contributed by atoms with E-state index in [-0.39, 0.29) is 0 Å². The maximum absolute atomic E-state index is 5.91. The third-order valence-electron chi connectivity index (χ3n) is 4.49. The van der Waals surface area contributed by atoms with Crippen molar-refractivity contribution in [3.8, 4) is 0 Å². The third-order valence-corrected chi connectivity index (χ3v) is 4.49. The second-order valence-electron chi connectivity index (χ2n) is 6.14. The molecule has 1 saturated heterocycles. The summed E-state index contributed by atoms with van der Waals surface area (Å²) in [5, 5.41) is 0. The standard InChI is InChI=1S/C16H25N3/c1-18-8-9-19(16(10-17)12-18)11-13-2-4-14(5-3-13)15-6-7-15/h2-5,15-16H,6-12,17H2,1H3. The lowest BCUT2D eigenvalue weighted by Crippen LogP contribution is -2.54. The van der Waals surface area contributed by atoms with Gasteiger partial charge in [-0.15, -0.1) is 0 Å². The largest absolute Gasteiger partial charge is 0.329 e. The van der Waals surface area contributed by atoms with Crippen molar-refractivity contribution in [1.29, 1.82) is 0 Å². The first-order chi connectivity index (χ1) is 9.26. The molecule has 1 atom stereocenters. The van der Waals surface area contributed by atoms with Gasteiger partial charge in [-0.05, 0) is 36.9 Å². The number of likely N-dealkylation sites (N-methyl/N-ethyl adjacent to an activating group) is 1. The predicted molar refractivity (Wildman–Crippen MR) is 79.2 cm³/mol. The lowest BCUT2D eigenvalue weighted by Gasteiger charge is -2.39. The molecule has 1 aliphatic heterocycles. The molecule has 2 aliphatic rings. The van der Waals surface area contributed by atoms with Gasteiger partial charge in [0.15, 0.2) is 0 Å². The van der Waals surface area contributed by atoms with Gasteiger partial charge >= 0.3 is 0 Å². The molecule has 1 aliphatic carbocycles. The van der Waals surface area contributed by atoms with Gasteiger partial charge in [0.05, 0.1) is 0 Å². The Morgan fingerprint density at radius 1 is 1.16 bits per heavy atom. The lowest BCUT2D eigenvalue weighted by atomic mass is 10.1. The van der Waals surface area contributed by atoms with Crippen LogP contribution in [-0.4, -0.2) is 49.1 Å². The van der Waals surface area contributed by atoms with Crippen molar-refractivity contribution in [2.75, 3.05) is 33.2 Å². The van der Waals surface area contributed by atoms with Crippen molar-refractivity contribution < 1.29 is 0 Å². The summed E-state index contributed by atoms with van der Waals surface area (Å²) in [6.45, 7) is 5.17. The zero-order valence-corrected chi connectivity index (χ0v) is 11.9. The molecule has 104 valence electrons.